The highest BCUT2D eigenvalue weighted by atomic mass is 35.5. The van der Waals surface area contributed by atoms with Crippen molar-refractivity contribution in [2.45, 2.75) is 39.2 Å². The summed E-state index contributed by atoms with van der Waals surface area (Å²) in [5.41, 5.74) is -1.29. The van der Waals surface area contributed by atoms with Crippen molar-refractivity contribution in [2.75, 3.05) is 0 Å². The smallest absolute Gasteiger partial charge is 0.416 e. The Bertz CT molecular complexity index is 847. The number of benzene rings is 2. The lowest BCUT2D eigenvalue weighted by Crippen LogP contribution is -2.19. The molecular weight excluding hydrogens is 387 g/mol. The van der Waals surface area contributed by atoms with Gasteiger partial charge in [-0.15, -0.1) is 0 Å². The van der Waals surface area contributed by atoms with Crippen LogP contribution in [0.2, 0.25) is 5.02 Å². The van der Waals surface area contributed by atoms with Gasteiger partial charge < -0.3 is 9.47 Å². The molecule has 0 bridgehead atoms. The molecule has 146 valence electrons. The Labute approximate surface area is 158 Å². The molecule has 0 amide bonds. The molecule has 27 heavy (non-hydrogen) atoms. The Balaban J connectivity index is 2.30. The normalized spacial score (nSPS) is 12.1. The number of hydrogen-bond acceptors (Lipinski definition) is 4. The van der Waals surface area contributed by atoms with E-state index in [0.717, 1.165) is 18.2 Å². The van der Waals surface area contributed by atoms with E-state index in [1.54, 1.807) is 20.8 Å². The molecule has 9 heteroatoms. The van der Waals surface area contributed by atoms with E-state index < -0.39 is 22.3 Å². The van der Waals surface area contributed by atoms with Crippen LogP contribution in [0.5, 0.6) is 11.5 Å². The van der Waals surface area contributed by atoms with E-state index in [-0.39, 0.29) is 34.4 Å². The number of nitrogens with zero attached hydrogens (tertiary/aromatic N) is 1. The SMILES string of the molecule is CC(C)(C)OCc1cc(Oc2ccc(C(F)(F)F)cc2Cl)ccc1[N+](=O)[O-]. The van der Waals surface area contributed by atoms with Crippen molar-refractivity contribution in [1.82, 2.24) is 0 Å². The summed E-state index contributed by atoms with van der Waals surface area (Å²) >= 11 is 5.87. The van der Waals surface area contributed by atoms with Gasteiger partial charge in [-0.2, -0.15) is 13.2 Å². The van der Waals surface area contributed by atoms with Gasteiger partial charge in [0.25, 0.3) is 5.69 Å². The zero-order chi connectivity index (χ0) is 20.4. The van der Waals surface area contributed by atoms with Gasteiger partial charge in [-0.3, -0.25) is 10.1 Å². The largest absolute Gasteiger partial charge is 0.456 e. The summed E-state index contributed by atoms with van der Waals surface area (Å²) in [6.07, 6.45) is -4.52. The first kappa shape index (κ1) is 21.0. The lowest BCUT2D eigenvalue weighted by Gasteiger charge is -2.19. The Kier molecular flexibility index (Phi) is 6.01. The van der Waals surface area contributed by atoms with Crippen LogP contribution in [0.1, 0.15) is 31.9 Å². The van der Waals surface area contributed by atoms with Gasteiger partial charge >= 0.3 is 6.18 Å². The molecule has 0 unspecified atom stereocenters. The van der Waals surface area contributed by atoms with Crippen LogP contribution in [-0.2, 0) is 17.5 Å². The molecule has 2 aromatic rings. The number of halogens is 4. The molecule has 2 rings (SSSR count). The van der Waals surface area contributed by atoms with E-state index in [0.29, 0.717) is 0 Å². The average Bonchev–Trinajstić information content (AvgIpc) is 2.53. The fraction of sp³-hybridized carbons (Fsp3) is 0.333. The Morgan fingerprint density at radius 3 is 2.30 bits per heavy atom. The zero-order valence-electron chi connectivity index (χ0n) is 14.8. The van der Waals surface area contributed by atoms with E-state index in [9.17, 15) is 23.3 Å². The van der Waals surface area contributed by atoms with Gasteiger partial charge in [0.05, 0.1) is 33.3 Å². The second-order valence-electron chi connectivity index (χ2n) is 6.69. The van der Waals surface area contributed by atoms with Crippen molar-refractivity contribution < 1.29 is 27.6 Å². The molecule has 0 aliphatic carbocycles. The molecule has 5 nitrogen and oxygen atoms in total. The summed E-state index contributed by atoms with van der Waals surface area (Å²) in [7, 11) is 0. The summed E-state index contributed by atoms with van der Waals surface area (Å²) in [5, 5.41) is 11.0. The van der Waals surface area contributed by atoms with Gasteiger partial charge in [0, 0.05) is 6.07 Å². The molecule has 0 aromatic heterocycles. The van der Waals surface area contributed by atoms with Crippen molar-refractivity contribution in [3.8, 4) is 11.5 Å². The van der Waals surface area contributed by atoms with E-state index >= 15 is 0 Å². The summed E-state index contributed by atoms with van der Waals surface area (Å²) in [6, 6.07) is 6.68. The third-order valence-corrected chi connectivity index (χ3v) is 3.69. The highest BCUT2D eigenvalue weighted by Crippen LogP contribution is 2.37. The van der Waals surface area contributed by atoms with Crippen molar-refractivity contribution >= 4 is 17.3 Å². The number of rotatable bonds is 5. The van der Waals surface area contributed by atoms with Gasteiger partial charge in [-0.05, 0) is 51.1 Å². The molecule has 0 aliphatic heterocycles. The second-order valence-corrected chi connectivity index (χ2v) is 7.10. The van der Waals surface area contributed by atoms with Crippen molar-refractivity contribution in [3.63, 3.8) is 0 Å². The maximum Gasteiger partial charge on any atom is 0.416 e. The highest BCUT2D eigenvalue weighted by molar-refractivity contribution is 6.32. The van der Waals surface area contributed by atoms with Crippen molar-refractivity contribution in [1.29, 1.82) is 0 Å². The number of hydrogen-bond donors (Lipinski definition) is 0. The molecule has 0 radical (unpaired) electrons. The van der Waals surface area contributed by atoms with Crippen LogP contribution in [0.4, 0.5) is 18.9 Å². The van der Waals surface area contributed by atoms with Gasteiger partial charge in [-0.25, -0.2) is 0 Å². The molecule has 2 aromatic carbocycles. The number of ether oxygens (including phenoxy) is 2. The predicted octanol–water partition coefficient (Wildman–Crippen LogP) is 6.37. The molecule has 0 atom stereocenters. The molecule has 0 N–H and O–H groups in total. The maximum atomic E-state index is 12.7. The number of nitro groups is 1. The summed E-state index contributed by atoms with van der Waals surface area (Å²) in [4.78, 5) is 10.6. The minimum absolute atomic E-state index is 0.00112. The molecule has 0 saturated heterocycles. The van der Waals surface area contributed by atoms with Crippen LogP contribution < -0.4 is 4.74 Å². The predicted molar refractivity (Wildman–Crippen MR) is 94.2 cm³/mol. The van der Waals surface area contributed by atoms with Crippen LogP contribution in [0.3, 0.4) is 0 Å². The monoisotopic (exact) mass is 403 g/mol. The van der Waals surface area contributed by atoms with Crippen molar-refractivity contribution in [2.24, 2.45) is 0 Å². The van der Waals surface area contributed by atoms with Crippen LogP contribution in [0.25, 0.3) is 0 Å². The van der Waals surface area contributed by atoms with Crippen LogP contribution in [-0.4, -0.2) is 10.5 Å². The lowest BCUT2D eigenvalue weighted by molar-refractivity contribution is -0.386. The van der Waals surface area contributed by atoms with E-state index in [4.69, 9.17) is 21.1 Å². The topological polar surface area (TPSA) is 61.6 Å². The van der Waals surface area contributed by atoms with Gasteiger partial charge in [0.15, 0.2) is 0 Å². The first-order valence-electron chi connectivity index (χ1n) is 7.83. The van der Waals surface area contributed by atoms with E-state index in [1.807, 2.05) is 0 Å². The highest BCUT2D eigenvalue weighted by Gasteiger charge is 2.31. The van der Waals surface area contributed by atoms with E-state index in [2.05, 4.69) is 0 Å². The molecular formula is C18H17ClF3NO4. The molecule has 0 saturated carbocycles. The van der Waals surface area contributed by atoms with Crippen LogP contribution >= 0.6 is 11.6 Å². The summed E-state index contributed by atoms with van der Waals surface area (Å²) in [6.45, 7) is 5.39. The Morgan fingerprint density at radius 2 is 1.78 bits per heavy atom. The molecule has 0 spiro atoms. The summed E-state index contributed by atoms with van der Waals surface area (Å²) in [5.74, 6) is 0.191. The minimum Gasteiger partial charge on any atom is -0.456 e. The first-order chi connectivity index (χ1) is 12.4. The third kappa shape index (κ3) is 5.83. The average molecular weight is 404 g/mol. The standard InChI is InChI=1S/C18H17ClF3NO4/c1-17(2,3)26-10-11-8-13(5-6-15(11)23(24)25)27-16-7-4-12(9-14(16)19)18(20,21)22/h4-9H,10H2,1-3H3. The minimum atomic E-state index is -4.52. The maximum absolute atomic E-state index is 12.7. The third-order valence-electron chi connectivity index (χ3n) is 3.40. The fourth-order valence-corrected chi connectivity index (χ4v) is 2.32. The quantitative estimate of drug-likeness (QED) is 0.429. The zero-order valence-corrected chi connectivity index (χ0v) is 15.5. The van der Waals surface area contributed by atoms with E-state index in [1.165, 1.54) is 18.2 Å². The molecule has 0 aliphatic rings. The van der Waals surface area contributed by atoms with Gasteiger partial charge in [0.2, 0.25) is 0 Å². The Hall–Kier alpha value is -2.32. The molecule has 0 heterocycles. The molecule has 0 fully saturated rings. The first-order valence-corrected chi connectivity index (χ1v) is 8.20. The van der Waals surface area contributed by atoms with Crippen molar-refractivity contribution in [3.05, 3.63) is 62.7 Å². The van der Waals surface area contributed by atoms with Gasteiger partial charge in [-0.1, -0.05) is 11.6 Å². The summed E-state index contributed by atoms with van der Waals surface area (Å²) < 4.78 is 49.2. The number of nitro benzene ring substituents is 1. The fourth-order valence-electron chi connectivity index (χ4n) is 2.10. The van der Waals surface area contributed by atoms with Crippen LogP contribution in [0.15, 0.2) is 36.4 Å². The Morgan fingerprint density at radius 1 is 1.11 bits per heavy atom. The second kappa shape index (κ2) is 7.74. The van der Waals surface area contributed by atoms with Gasteiger partial charge in [0.1, 0.15) is 11.5 Å². The number of alkyl halides is 3. The van der Waals surface area contributed by atoms with Crippen LogP contribution in [0, 0.1) is 10.1 Å². The lowest BCUT2D eigenvalue weighted by atomic mass is 10.1.